The van der Waals surface area contributed by atoms with Crippen LogP contribution in [0.25, 0.3) is 16.9 Å². The van der Waals surface area contributed by atoms with E-state index in [4.69, 9.17) is 5.26 Å². The topological polar surface area (TPSA) is 74.0 Å². The van der Waals surface area contributed by atoms with Crippen LogP contribution < -0.4 is 5.32 Å². The zero-order valence-corrected chi connectivity index (χ0v) is 16.6. The van der Waals surface area contributed by atoms with Crippen molar-refractivity contribution in [1.29, 1.82) is 5.26 Å². The van der Waals surface area contributed by atoms with Gasteiger partial charge in [0.25, 0.3) is 5.91 Å². The van der Waals surface area contributed by atoms with E-state index in [1.54, 1.807) is 16.8 Å². The molecule has 0 aliphatic carbocycles. The maximum absolute atomic E-state index is 13.1. The van der Waals surface area contributed by atoms with E-state index in [-0.39, 0.29) is 5.91 Å². The molecule has 6 heteroatoms. The molecule has 1 N–H and O–H groups in total. The van der Waals surface area contributed by atoms with Crippen LogP contribution in [0.3, 0.4) is 0 Å². The highest BCUT2D eigenvalue weighted by Crippen LogP contribution is 2.26. The molecule has 146 valence electrons. The second-order valence-electron chi connectivity index (χ2n) is 7.38. The number of carbonyl (C=O) groups excluding carboxylic acids is 1. The van der Waals surface area contributed by atoms with Crippen LogP contribution in [-0.2, 0) is 0 Å². The van der Waals surface area contributed by atoms with Gasteiger partial charge in [0.2, 0.25) is 0 Å². The maximum Gasteiger partial charge on any atom is 0.274 e. The summed E-state index contributed by atoms with van der Waals surface area (Å²) in [6, 6.07) is 19.7. The predicted molar refractivity (Wildman–Crippen MR) is 112 cm³/mol. The van der Waals surface area contributed by atoms with E-state index in [0.29, 0.717) is 23.8 Å². The lowest BCUT2D eigenvalue weighted by molar-refractivity contribution is 0.0783. The van der Waals surface area contributed by atoms with Gasteiger partial charge in [0, 0.05) is 24.7 Å². The molecular weight excluding hydrogens is 362 g/mol. The zero-order chi connectivity index (χ0) is 20.4. The van der Waals surface area contributed by atoms with Crippen molar-refractivity contribution in [3.63, 3.8) is 0 Å². The molecule has 1 aromatic heterocycles. The minimum Gasteiger partial charge on any atom is -0.336 e. The lowest BCUT2D eigenvalue weighted by Gasteiger charge is -2.14. The Kier molecular flexibility index (Phi) is 5.15. The first-order chi connectivity index (χ1) is 14.1. The molecule has 6 nitrogen and oxygen atoms in total. The Balaban J connectivity index is 1.75. The highest BCUT2D eigenvalue weighted by molar-refractivity contribution is 5.94. The number of likely N-dealkylation sites (N-methyl/N-ethyl adjacent to an activating group) is 1. The monoisotopic (exact) mass is 385 g/mol. The van der Waals surface area contributed by atoms with Crippen molar-refractivity contribution in [3.8, 4) is 23.0 Å². The van der Waals surface area contributed by atoms with Gasteiger partial charge >= 0.3 is 0 Å². The summed E-state index contributed by atoms with van der Waals surface area (Å²) in [6.45, 7) is 3.46. The van der Waals surface area contributed by atoms with Crippen LogP contribution in [0.4, 0.5) is 0 Å². The van der Waals surface area contributed by atoms with Crippen LogP contribution in [0, 0.1) is 18.3 Å². The summed E-state index contributed by atoms with van der Waals surface area (Å²) in [5.74, 6) is -0.0523. The Labute approximate surface area is 170 Å². The number of nitriles is 1. The molecule has 1 amide bonds. The summed E-state index contributed by atoms with van der Waals surface area (Å²) in [6.07, 6.45) is 0.948. The van der Waals surface area contributed by atoms with Crippen molar-refractivity contribution in [3.05, 3.63) is 71.4 Å². The molecular formula is C23H23N5O. The normalized spacial score (nSPS) is 16.0. The number of nitrogens with zero attached hydrogens (tertiary/aromatic N) is 4. The standard InChI is InChI=1S/C23H23N5O/c1-16-3-9-20(10-4-16)28-22(18-7-5-17(14-24)6-8-18)13-21(26-28)23(29)27-12-11-19(15-27)25-2/h3-10,13,19,25H,11-12,15H2,1-2H3. The maximum atomic E-state index is 13.1. The van der Waals surface area contributed by atoms with Crippen molar-refractivity contribution >= 4 is 5.91 Å². The number of benzene rings is 2. The van der Waals surface area contributed by atoms with E-state index >= 15 is 0 Å². The van der Waals surface area contributed by atoms with Gasteiger partial charge in [0.15, 0.2) is 5.69 Å². The van der Waals surface area contributed by atoms with E-state index in [0.717, 1.165) is 35.5 Å². The second kappa shape index (κ2) is 7.90. The average molecular weight is 385 g/mol. The number of carbonyl (C=O) groups is 1. The number of rotatable bonds is 4. The molecule has 0 bridgehead atoms. The number of likely N-dealkylation sites (tertiary alicyclic amines) is 1. The number of aromatic nitrogens is 2. The molecule has 1 aliphatic heterocycles. The third-order valence-electron chi connectivity index (χ3n) is 5.40. The molecule has 1 saturated heterocycles. The predicted octanol–water partition coefficient (Wildman–Crippen LogP) is 3.15. The average Bonchev–Trinajstić information content (AvgIpc) is 3.41. The summed E-state index contributed by atoms with van der Waals surface area (Å²) in [5.41, 5.74) is 4.82. The van der Waals surface area contributed by atoms with Crippen LogP contribution in [0.1, 0.15) is 28.0 Å². The number of amides is 1. The largest absolute Gasteiger partial charge is 0.336 e. The SMILES string of the molecule is CNC1CCN(C(=O)c2cc(-c3ccc(C#N)cc3)n(-c3ccc(C)cc3)n2)C1. The van der Waals surface area contributed by atoms with Gasteiger partial charge < -0.3 is 10.2 Å². The van der Waals surface area contributed by atoms with Gasteiger partial charge in [-0.3, -0.25) is 4.79 Å². The summed E-state index contributed by atoms with van der Waals surface area (Å²) < 4.78 is 1.81. The van der Waals surface area contributed by atoms with Crippen LogP contribution in [0.5, 0.6) is 0 Å². The first-order valence-corrected chi connectivity index (χ1v) is 9.73. The number of hydrogen-bond acceptors (Lipinski definition) is 4. The molecule has 1 aliphatic rings. The minimum atomic E-state index is -0.0523. The number of hydrogen-bond donors (Lipinski definition) is 1. The molecule has 1 atom stereocenters. The molecule has 0 saturated carbocycles. The van der Waals surface area contributed by atoms with Crippen LogP contribution in [0.2, 0.25) is 0 Å². The van der Waals surface area contributed by atoms with E-state index in [1.165, 1.54) is 0 Å². The second-order valence-corrected chi connectivity index (χ2v) is 7.38. The fraction of sp³-hybridized carbons (Fsp3) is 0.261. The molecule has 1 unspecified atom stereocenters. The molecule has 4 rings (SSSR count). The van der Waals surface area contributed by atoms with Crippen molar-refractivity contribution in [1.82, 2.24) is 20.0 Å². The summed E-state index contributed by atoms with van der Waals surface area (Å²) in [5, 5.41) is 17.0. The summed E-state index contributed by atoms with van der Waals surface area (Å²) in [4.78, 5) is 14.9. The zero-order valence-electron chi connectivity index (χ0n) is 16.6. The molecule has 29 heavy (non-hydrogen) atoms. The Morgan fingerprint density at radius 3 is 2.52 bits per heavy atom. The Hall–Kier alpha value is -3.43. The molecule has 0 radical (unpaired) electrons. The van der Waals surface area contributed by atoms with Crippen molar-refractivity contribution in [2.24, 2.45) is 0 Å². The third-order valence-corrected chi connectivity index (χ3v) is 5.40. The quantitative estimate of drug-likeness (QED) is 0.749. The highest BCUT2D eigenvalue weighted by atomic mass is 16.2. The Bertz CT molecular complexity index is 1060. The molecule has 3 aromatic rings. The van der Waals surface area contributed by atoms with Crippen LogP contribution in [-0.4, -0.2) is 46.8 Å². The minimum absolute atomic E-state index is 0.0523. The third kappa shape index (κ3) is 3.78. The van der Waals surface area contributed by atoms with Gasteiger partial charge in [-0.1, -0.05) is 29.8 Å². The first kappa shape index (κ1) is 18.9. The lowest BCUT2D eigenvalue weighted by atomic mass is 10.1. The van der Waals surface area contributed by atoms with Gasteiger partial charge in [-0.2, -0.15) is 10.4 Å². The van der Waals surface area contributed by atoms with Crippen molar-refractivity contribution < 1.29 is 4.79 Å². The van der Waals surface area contributed by atoms with Crippen LogP contribution in [0.15, 0.2) is 54.6 Å². The van der Waals surface area contributed by atoms with E-state index < -0.39 is 0 Å². The Morgan fingerprint density at radius 2 is 1.90 bits per heavy atom. The fourth-order valence-corrected chi connectivity index (χ4v) is 3.63. The fourth-order valence-electron chi connectivity index (χ4n) is 3.63. The van der Waals surface area contributed by atoms with Crippen LogP contribution >= 0.6 is 0 Å². The summed E-state index contributed by atoms with van der Waals surface area (Å²) >= 11 is 0. The van der Waals surface area contributed by atoms with Gasteiger partial charge in [-0.25, -0.2) is 4.68 Å². The molecule has 0 spiro atoms. The highest BCUT2D eigenvalue weighted by Gasteiger charge is 2.28. The molecule has 2 aromatic carbocycles. The van der Waals surface area contributed by atoms with Crippen molar-refractivity contribution in [2.75, 3.05) is 20.1 Å². The van der Waals surface area contributed by atoms with E-state index in [9.17, 15) is 4.79 Å². The molecule has 1 fully saturated rings. The first-order valence-electron chi connectivity index (χ1n) is 9.73. The van der Waals surface area contributed by atoms with Gasteiger partial charge in [0.1, 0.15) is 0 Å². The van der Waals surface area contributed by atoms with Crippen molar-refractivity contribution in [2.45, 2.75) is 19.4 Å². The van der Waals surface area contributed by atoms with Gasteiger partial charge in [-0.05, 0) is 50.7 Å². The number of nitrogens with one attached hydrogen (secondary N) is 1. The van der Waals surface area contributed by atoms with Gasteiger partial charge in [-0.15, -0.1) is 0 Å². The summed E-state index contributed by atoms with van der Waals surface area (Å²) in [7, 11) is 1.92. The lowest BCUT2D eigenvalue weighted by Crippen LogP contribution is -2.33. The van der Waals surface area contributed by atoms with E-state index in [1.807, 2.05) is 61.3 Å². The van der Waals surface area contributed by atoms with Gasteiger partial charge in [0.05, 0.1) is 23.0 Å². The van der Waals surface area contributed by atoms with E-state index in [2.05, 4.69) is 16.5 Å². The Morgan fingerprint density at radius 1 is 1.17 bits per heavy atom. The molecule has 2 heterocycles. The number of aryl methyl sites for hydroxylation is 1. The smallest absolute Gasteiger partial charge is 0.274 e.